The molecule has 0 aliphatic heterocycles. The van der Waals surface area contributed by atoms with E-state index in [2.05, 4.69) is 6.92 Å². The topological polar surface area (TPSA) is 26.3 Å². The summed E-state index contributed by atoms with van der Waals surface area (Å²) < 4.78 is 20.9. The molecule has 0 radical (unpaired) electrons. The zero-order valence-electron chi connectivity index (χ0n) is 19.3. The summed E-state index contributed by atoms with van der Waals surface area (Å²) in [6, 6.07) is 9.23. The Kier molecular flexibility index (Phi) is 8.07. The van der Waals surface area contributed by atoms with E-state index in [-0.39, 0.29) is 18.0 Å². The van der Waals surface area contributed by atoms with Crippen molar-refractivity contribution < 1.29 is 13.9 Å². The molecule has 0 spiro atoms. The van der Waals surface area contributed by atoms with Crippen LogP contribution in [0.2, 0.25) is 0 Å². The van der Waals surface area contributed by atoms with Gasteiger partial charge in [-0.05, 0) is 86.7 Å². The SMILES string of the molecule is CC1CCC(CCC2CCC(C3CCC(OC(=O)c4ccccc4)CC3)C(F)C2)CC1. The number of carbonyl (C=O) groups excluding carboxylic acids is 1. The maximum atomic E-state index is 15.1. The minimum atomic E-state index is -0.626. The van der Waals surface area contributed by atoms with Crippen LogP contribution in [0.25, 0.3) is 0 Å². The molecule has 0 saturated heterocycles. The molecule has 172 valence electrons. The molecule has 0 N–H and O–H groups in total. The van der Waals surface area contributed by atoms with Crippen molar-refractivity contribution in [1.29, 1.82) is 0 Å². The first-order valence-corrected chi connectivity index (χ1v) is 13.0. The van der Waals surface area contributed by atoms with Gasteiger partial charge in [0, 0.05) is 0 Å². The Morgan fingerprint density at radius 2 is 1.52 bits per heavy atom. The molecule has 0 amide bonds. The van der Waals surface area contributed by atoms with Crippen molar-refractivity contribution in [3.8, 4) is 0 Å². The predicted molar refractivity (Wildman–Crippen MR) is 124 cm³/mol. The number of alkyl halides is 1. The van der Waals surface area contributed by atoms with Gasteiger partial charge >= 0.3 is 5.97 Å². The van der Waals surface area contributed by atoms with Crippen molar-refractivity contribution in [2.24, 2.45) is 29.6 Å². The molecule has 0 bridgehead atoms. The summed E-state index contributed by atoms with van der Waals surface area (Å²) in [7, 11) is 0. The second-order valence-corrected chi connectivity index (χ2v) is 10.9. The fourth-order valence-corrected chi connectivity index (χ4v) is 6.53. The molecule has 3 aliphatic rings. The van der Waals surface area contributed by atoms with Crippen molar-refractivity contribution in [1.82, 2.24) is 0 Å². The van der Waals surface area contributed by atoms with Gasteiger partial charge in [-0.2, -0.15) is 0 Å². The average molecular weight is 429 g/mol. The van der Waals surface area contributed by atoms with E-state index < -0.39 is 6.17 Å². The van der Waals surface area contributed by atoms with Crippen molar-refractivity contribution in [3.05, 3.63) is 35.9 Å². The van der Waals surface area contributed by atoms with Gasteiger partial charge in [0.1, 0.15) is 12.3 Å². The number of rotatable bonds is 6. The maximum absolute atomic E-state index is 15.1. The summed E-state index contributed by atoms with van der Waals surface area (Å²) in [5.74, 6) is 2.91. The van der Waals surface area contributed by atoms with Crippen LogP contribution in [0.5, 0.6) is 0 Å². The number of ether oxygens (including phenoxy) is 1. The fraction of sp³-hybridized carbons (Fsp3) is 0.750. The summed E-state index contributed by atoms with van der Waals surface area (Å²) in [5, 5.41) is 0. The largest absolute Gasteiger partial charge is 0.459 e. The van der Waals surface area contributed by atoms with Gasteiger partial charge in [0.25, 0.3) is 0 Å². The molecule has 0 heterocycles. The van der Waals surface area contributed by atoms with E-state index in [4.69, 9.17) is 4.74 Å². The van der Waals surface area contributed by atoms with Gasteiger partial charge in [-0.1, -0.05) is 63.6 Å². The van der Waals surface area contributed by atoms with Crippen LogP contribution in [0.4, 0.5) is 4.39 Å². The number of hydrogen-bond donors (Lipinski definition) is 0. The lowest BCUT2D eigenvalue weighted by Gasteiger charge is -2.40. The quantitative estimate of drug-likeness (QED) is 0.433. The molecule has 1 aromatic rings. The highest BCUT2D eigenvalue weighted by Crippen LogP contribution is 2.44. The Labute approximate surface area is 188 Å². The third kappa shape index (κ3) is 6.33. The summed E-state index contributed by atoms with van der Waals surface area (Å²) in [5.41, 5.74) is 0.620. The van der Waals surface area contributed by atoms with Gasteiger partial charge in [0.15, 0.2) is 0 Å². The van der Waals surface area contributed by atoms with E-state index in [1.54, 1.807) is 12.1 Å². The third-order valence-corrected chi connectivity index (χ3v) is 8.66. The monoisotopic (exact) mass is 428 g/mol. The van der Waals surface area contributed by atoms with E-state index in [0.29, 0.717) is 17.4 Å². The predicted octanol–water partition coefficient (Wildman–Crippen LogP) is 7.76. The Morgan fingerprint density at radius 1 is 0.871 bits per heavy atom. The summed E-state index contributed by atoms with van der Waals surface area (Å²) in [4.78, 5) is 12.3. The van der Waals surface area contributed by atoms with Crippen LogP contribution in [0.15, 0.2) is 30.3 Å². The first kappa shape index (κ1) is 22.8. The van der Waals surface area contributed by atoms with Crippen LogP contribution in [0.1, 0.15) is 101 Å². The summed E-state index contributed by atoms with van der Waals surface area (Å²) in [6.45, 7) is 2.38. The molecule has 3 saturated carbocycles. The van der Waals surface area contributed by atoms with Crippen molar-refractivity contribution in [3.63, 3.8) is 0 Å². The Morgan fingerprint density at radius 3 is 2.19 bits per heavy atom. The molecule has 3 aliphatic carbocycles. The standard InChI is InChI=1S/C28H41FO2/c1-20-7-9-21(10-8-20)11-12-22-13-18-26(27(29)19-22)23-14-16-25(17-15-23)31-28(30)24-5-3-2-4-6-24/h2-6,20-23,25-27H,7-19H2,1H3. The molecule has 1 aromatic carbocycles. The molecule has 0 aromatic heterocycles. The Hall–Kier alpha value is -1.38. The number of benzene rings is 1. The molecule has 3 atom stereocenters. The highest BCUT2D eigenvalue weighted by Gasteiger charge is 2.38. The minimum Gasteiger partial charge on any atom is -0.459 e. The fourth-order valence-electron chi connectivity index (χ4n) is 6.53. The normalized spacial score (nSPS) is 36.6. The zero-order chi connectivity index (χ0) is 21.6. The van der Waals surface area contributed by atoms with Gasteiger partial charge < -0.3 is 4.74 Å². The highest BCUT2D eigenvalue weighted by atomic mass is 19.1. The molecule has 3 fully saturated rings. The highest BCUT2D eigenvalue weighted by molar-refractivity contribution is 5.89. The van der Waals surface area contributed by atoms with E-state index in [9.17, 15) is 4.79 Å². The first-order chi connectivity index (χ1) is 15.1. The van der Waals surface area contributed by atoms with Crippen molar-refractivity contribution in [2.45, 2.75) is 103 Å². The second kappa shape index (κ2) is 11.0. The Bertz CT molecular complexity index is 674. The number of carbonyl (C=O) groups is 1. The lowest BCUT2D eigenvalue weighted by molar-refractivity contribution is 0.00154. The van der Waals surface area contributed by atoms with Gasteiger partial charge in [-0.3, -0.25) is 0 Å². The second-order valence-electron chi connectivity index (χ2n) is 10.9. The molecule has 4 rings (SSSR count). The van der Waals surface area contributed by atoms with Crippen LogP contribution in [-0.4, -0.2) is 18.2 Å². The van der Waals surface area contributed by atoms with E-state index in [0.717, 1.165) is 50.4 Å². The molecule has 31 heavy (non-hydrogen) atoms. The molecule has 3 heteroatoms. The van der Waals surface area contributed by atoms with E-state index in [1.807, 2.05) is 18.2 Å². The molecule has 2 nitrogen and oxygen atoms in total. The minimum absolute atomic E-state index is 0.00318. The van der Waals surface area contributed by atoms with Gasteiger partial charge in [-0.15, -0.1) is 0 Å². The first-order valence-electron chi connectivity index (χ1n) is 13.0. The zero-order valence-corrected chi connectivity index (χ0v) is 19.3. The van der Waals surface area contributed by atoms with E-state index >= 15 is 4.39 Å². The van der Waals surface area contributed by atoms with E-state index in [1.165, 1.54) is 44.9 Å². The Balaban J connectivity index is 1.16. The summed E-state index contributed by atoms with van der Waals surface area (Å²) >= 11 is 0. The molecular formula is C28H41FO2. The van der Waals surface area contributed by atoms with Crippen LogP contribution in [-0.2, 0) is 4.74 Å². The number of halogens is 1. The van der Waals surface area contributed by atoms with Gasteiger partial charge in [-0.25, -0.2) is 9.18 Å². The van der Waals surface area contributed by atoms with Crippen molar-refractivity contribution >= 4 is 5.97 Å². The van der Waals surface area contributed by atoms with Crippen LogP contribution in [0, 0.1) is 29.6 Å². The lowest BCUT2D eigenvalue weighted by atomic mass is 9.68. The number of esters is 1. The molecular weight excluding hydrogens is 387 g/mol. The van der Waals surface area contributed by atoms with Crippen LogP contribution >= 0.6 is 0 Å². The van der Waals surface area contributed by atoms with Crippen LogP contribution in [0.3, 0.4) is 0 Å². The van der Waals surface area contributed by atoms with Crippen LogP contribution < -0.4 is 0 Å². The third-order valence-electron chi connectivity index (χ3n) is 8.66. The van der Waals surface area contributed by atoms with Gasteiger partial charge in [0.05, 0.1) is 5.56 Å². The number of hydrogen-bond acceptors (Lipinski definition) is 2. The average Bonchev–Trinajstić information content (AvgIpc) is 2.80. The molecule has 3 unspecified atom stereocenters. The smallest absolute Gasteiger partial charge is 0.338 e. The van der Waals surface area contributed by atoms with Crippen molar-refractivity contribution in [2.75, 3.05) is 0 Å². The maximum Gasteiger partial charge on any atom is 0.338 e. The van der Waals surface area contributed by atoms with Gasteiger partial charge in [0.2, 0.25) is 0 Å². The summed E-state index contributed by atoms with van der Waals surface area (Å²) in [6.07, 6.45) is 14.4. The lowest BCUT2D eigenvalue weighted by Crippen LogP contribution is -2.35.